The van der Waals surface area contributed by atoms with Gasteiger partial charge in [0, 0.05) is 26.9 Å². The van der Waals surface area contributed by atoms with Crippen molar-refractivity contribution in [2.45, 2.75) is 39.5 Å². The molecule has 0 heterocycles. The van der Waals surface area contributed by atoms with Crippen molar-refractivity contribution in [2.24, 2.45) is 5.92 Å². The normalized spacial score (nSPS) is 11.4. The molecule has 116 valence electrons. The Kier molecular flexibility index (Phi) is 15.8. The summed E-state index contributed by atoms with van der Waals surface area (Å²) in [5.74, 6) is 0.743. The SMILES string of the molecule is COCCCOCCOCCCCCNCC(C)C. The van der Waals surface area contributed by atoms with Crippen LogP contribution in [0.1, 0.15) is 39.5 Å². The van der Waals surface area contributed by atoms with Crippen molar-refractivity contribution in [3.63, 3.8) is 0 Å². The van der Waals surface area contributed by atoms with Gasteiger partial charge < -0.3 is 19.5 Å². The maximum atomic E-state index is 5.51. The van der Waals surface area contributed by atoms with Crippen molar-refractivity contribution >= 4 is 0 Å². The van der Waals surface area contributed by atoms with Crippen molar-refractivity contribution in [1.82, 2.24) is 5.32 Å². The second kappa shape index (κ2) is 15.9. The standard InChI is InChI=1S/C15H33NO3/c1-15(2)14-16-8-5-4-6-10-18-12-13-19-11-7-9-17-3/h15-16H,4-14H2,1-3H3. The summed E-state index contributed by atoms with van der Waals surface area (Å²) in [7, 11) is 1.71. The predicted molar refractivity (Wildman–Crippen MR) is 79.7 cm³/mol. The number of ether oxygens (including phenoxy) is 3. The smallest absolute Gasteiger partial charge is 0.0700 e. The Morgan fingerprint density at radius 3 is 2.11 bits per heavy atom. The molecule has 0 aliphatic rings. The van der Waals surface area contributed by atoms with Gasteiger partial charge in [-0.3, -0.25) is 0 Å². The van der Waals surface area contributed by atoms with Crippen molar-refractivity contribution in [3.05, 3.63) is 0 Å². The fourth-order valence-corrected chi connectivity index (χ4v) is 1.65. The van der Waals surface area contributed by atoms with Crippen molar-refractivity contribution < 1.29 is 14.2 Å². The zero-order valence-corrected chi connectivity index (χ0v) is 13.1. The highest BCUT2D eigenvalue weighted by atomic mass is 16.5. The highest BCUT2D eigenvalue weighted by molar-refractivity contribution is 4.51. The van der Waals surface area contributed by atoms with Crippen LogP contribution in [0, 0.1) is 5.92 Å². The molecule has 0 aromatic heterocycles. The van der Waals surface area contributed by atoms with Crippen LogP contribution in [0.4, 0.5) is 0 Å². The van der Waals surface area contributed by atoms with Crippen LogP contribution in [0.15, 0.2) is 0 Å². The molecular formula is C15H33NO3. The number of nitrogens with one attached hydrogen (secondary N) is 1. The molecule has 4 heteroatoms. The van der Waals surface area contributed by atoms with E-state index in [1.54, 1.807) is 7.11 Å². The van der Waals surface area contributed by atoms with E-state index in [4.69, 9.17) is 14.2 Å². The van der Waals surface area contributed by atoms with Crippen molar-refractivity contribution in [2.75, 3.05) is 53.2 Å². The molecule has 0 radical (unpaired) electrons. The quantitative estimate of drug-likeness (QED) is 0.466. The molecule has 0 aliphatic heterocycles. The Morgan fingerprint density at radius 2 is 1.47 bits per heavy atom. The number of hydrogen-bond donors (Lipinski definition) is 1. The summed E-state index contributed by atoms with van der Waals surface area (Å²) in [5.41, 5.74) is 0. The van der Waals surface area contributed by atoms with Gasteiger partial charge in [-0.05, 0) is 44.7 Å². The van der Waals surface area contributed by atoms with Crippen molar-refractivity contribution in [3.8, 4) is 0 Å². The Bertz CT molecular complexity index is 165. The number of rotatable bonds is 15. The van der Waals surface area contributed by atoms with Crippen LogP contribution in [0.5, 0.6) is 0 Å². The molecule has 0 fully saturated rings. The van der Waals surface area contributed by atoms with E-state index >= 15 is 0 Å². The van der Waals surface area contributed by atoms with E-state index in [-0.39, 0.29) is 0 Å². The summed E-state index contributed by atoms with van der Waals surface area (Å²) < 4.78 is 15.8. The van der Waals surface area contributed by atoms with Crippen LogP contribution in [0.3, 0.4) is 0 Å². The molecule has 19 heavy (non-hydrogen) atoms. The van der Waals surface area contributed by atoms with Crippen LogP contribution >= 0.6 is 0 Å². The summed E-state index contributed by atoms with van der Waals surface area (Å²) >= 11 is 0. The number of hydrogen-bond acceptors (Lipinski definition) is 4. The zero-order valence-electron chi connectivity index (χ0n) is 13.1. The van der Waals surface area contributed by atoms with Gasteiger partial charge in [0.05, 0.1) is 13.2 Å². The largest absolute Gasteiger partial charge is 0.385 e. The van der Waals surface area contributed by atoms with E-state index in [0.29, 0.717) is 13.2 Å². The van der Waals surface area contributed by atoms with E-state index in [1.165, 1.54) is 12.8 Å². The summed E-state index contributed by atoms with van der Waals surface area (Å²) in [5, 5.41) is 3.45. The van der Waals surface area contributed by atoms with Crippen LogP contribution in [0.25, 0.3) is 0 Å². The van der Waals surface area contributed by atoms with E-state index in [9.17, 15) is 0 Å². The fourth-order valence-electron chi connectivity index (χ4n) is 1.65. The summed E-state index contributed by atoms with van der Waals surface area (Å²) in [6.07, 6.45) is 4.58. The minimum Gasteiger partial charge on any atom is -0.385 e. The van der Waals surface area contributed by atoms with Crippen LogP contribution in [-0.4, -0.2) is 53.2 Å². The average molecular weight is 275 g/mol. The lowest BCUT2D eigenvalue weighted by molar-refractivity contribution is 0.0387. The van der Waals surface area contributed by atoms with Crippen LogP contribution in [-0.2, 0) is 14.2 Å². The third-order valence-electron chi connectivity index (χ3n) is 2.70. The van der Waals surface area contributed by atoms with Gasteiger partial charge in [0.25, 0.3) is 0 Å². The fraction of sp³-hybridized carbons (Fsp3) is 1.00. The second-order valence-corrected chi connectivity index (χ2v) is 5.23. The van der Waals surface area contributed by atoms with Gasteiger partial charge in [-0.15, -0.1) is 0 Å². The molecule has 4 nitrogen and oxygen atoms in total. The van der Waals surface area contributed by atoms with Crippen LogP contribution in [0.2, 0.25) is 0 Å². The third-order valence-corrected chi connectivity index (χ3v) is 2.70. The number of unbranched alkanes of at least 4 members (excludes halogenated alkanes) is 2. The third kappa shape index (κ3) is 17.8. The first kappa shape index (κ1) is 18.8. The van der Waals surface area contributed by atoms with E-state index < -0.39 is 0 Å². The lowest BCUT2D eigenvalue weighted by Crippen LogP contribution is -2.20. The molecule has 0 amide bonds. The first-order valence-corrected chi connectivity index (χ1v) is 7.62. The minimum absolute atomic E-state index is 0.694. The first-order valence-electron chi connectivity index (χ1n) is 7.62. The van der Waals surface area contributed by atoms with Gasteiger partial charge >= 0.3 is 0 Å². The first-order chi connectivity index (χ1) is 9.27. The molecule has 0 aromatic carbocycles. The molecule has 0 saturated carbocycles. The van der Waals surface area contributed by atoms with Crippen molar-refractivity contribution in [1.29, 1.82) is 0 Å². The Morgan fingerprint density at radius 1 is 0.789 bits per heavy atom. The lowest BCUT2D eigenvalue weighted by Gasteiger charge is -2.07. The van der Waals surface area contributed by atoms with Gasteiger partial charge in [-0.1, -0.05) is 13.8 Å². The van der Waals surface area contributed by atoms with Gasteiger partial charge in [0.15, 0.2) is 0 Å². The monoisotopic (exact) mass is 275 g/mol. The molecule has 0 atom stereocenters. The molecule has 0 spiro atoms. The lowest BCUT2D eigenvalue weighted by atomic mass is 10.2. The molecule has 0 saturated heterocycles. The number of methoxy groups -OCH3 is 1. The van der Waals surface area contributed by atoms with Gasteiger partial charge in [-0.25, -0.2) is 0 Å². The summed E-state index contributed by atoms with van der Waals surface area (Å²) in [6, 6.07) is 0. The molecule has 0 rings (SSSR count). The Balaban J connectivity index is 2.91. The van der Waals surface area contributed by atoms with E-state index in [1.807, 2.05) is 0 Å². The molecule has 1 N–H and O–H groups in total. The highest BCUT2D eigenvalue weighted by Crippen LogP contribution is 1.96. The average Bonchev–Trinajstić information content (AvgIpc) is 2.39. The van der Waals surface area contributed by atoms with E-state index in [0.717, 1.165) is 51.7 Å². The molecule has 0 aromatic rings. The molecule has 0 aliphatic carbocycles. The topological polar surface area (TPSA) is 39.7 Å². The molecule has 0 unspecified atom stereocenters. The zero-order chi connectivity index (χ0) is 14.2. The Labute approximate surface area is 119 Å². The van der Waals surface area contributed by atoms with Gasteiger partial charge in [0.1, 0.15) is 0 Å². The predicted octanol–water partition coefficient (Wildman–Crippen LogP) is 2.47. The van der Waals surface area contributed by atoms with Crippen LogP contribution < -0.4 is 5.32 Å². The molecular weight excluding hydrogens is 242 g/mol. The summed E-state index contributed by atoms with van der Waals surface area (Å²) in [4.78, 5) is 0. The van der Waals surface area contributed by atoms with E-state index in [2.05, 4.69) is 19.2 Å². The maximum absolute atomic E-state index is 5.51. The highest BCUT2D eigenvalue weighted by Gasteiger charge is 1.94. The maximum Gasteiger partial charge on any atom is 0.0700 e. The molecule has 0 bridgehead atoms. The van der Waals surface area contributed by atoms with Gasteiger partial charge in [0.2, 0.25) is 0 Å². The minimum atomic E-state index is 0.694. The second-order valence-electron chi connectivity index (χ2n) is 5.23. The summed E-state index contributed by atoms with van der Waals surface area (Å²) in [6.45, 7) is 10.5. The van der Waals surface area contributed by atoms with Gasteiger partial charge in [-0.2, -0.15) is 0 Å². The Hall–Kier alpha value is -0.160.